The summed E-state index contributed by atoms with van der Waals surface area (Å²) in [6.07, 6.45) is 3.03. The van der Waals surface area contributed by atoms with E-state index in [1.54, 1.807) is 17.1 Å². The molecule has 0 radical (unpaired) electrons. The van der Waals surface area contributed by atoms with Gasteiger partial charge in [0.1, 0.15) is 5.82 Å². The molecule has 0 aliphatic rings. The van der Waals surface area contributed by atoms with Crippen LogP contribution in [0.15, 0.2) is 34.5 Å². The van der Waals surface area contributed by atoms with Crippen molar-refractivity contribution < 1.29 is 4.39 Å². The predicted molar refractivity (Wildman–Crippen MR) is 60.7 cm³/mol. The van der Waals surface area contributed by atoms with Gasteiger partial charge in [-0.1, -0.05) is 6.07 Å². The van der Waals surface area contributed by atoms with Crippen molar-refractivity contribution >= 4 is 18.1 Å². The Kier molecular flexibility index (Phi) is 4.28. The molecule has 0 fully saturated rings. The van der Waals surface area contributed by atoms with E-state index >= 15 is 0 Å². The average Bonchev–Trinajstić information content (AvgIpc) is 2.17. The van der Waals surface area contributed by atoms with Crippen LogP contribution < -0.4 is 5.43 Å². The maximum Gasteiger partial charge on any atom is 0.125 e. The van der Waals surface area contributed by atoms with Gasteiger partial charge in [-0.15, -0.1) is 0 Å². The van der Waals surface area contributed by atoms with Crippen LogP contribution in [0.4, 0.5) is 10.1 Å². The van der Waals surface area contributed by atoms with E-state index in [1.807, 2.05) is 14.1 Å². The second-order valence-corrected chi connectivity index (χ2v) is 3.01. The summed E-state index contributed by atoms with van der Waals surface area (Å²) in [7, 11) is 3.62. The predicted octanol–water partition coefficient (Wildman–Crippen LogP) is 1.77. The first kappa shape index (κ1) is 11.2. The molecule has 1 aromatic carbocycles. The van der Waals surface area contributed by atoms with Gasteiger partial charge in [-0.2, -0.15) is 10.2 Å². The van der Waals surface area contributed by atoms with E-state index < -0.39 is 0 Å². The number of anilines is 1. The SMILES string of the molecule is CN(C)N=CC=NNc1cccc(F)c1. The maximum atomic E-state index is 12.7. The lowest BCUT2D eigenvalue weighted by molar-refractivity contribution is 0.441. The number of hydrazone groups is 2. The molecule has 0 unspecified atom stereocenters. The van der Waals surface area contributed by atoms with Gasteiger partial charge in [0, 0.05) is 14.1 Å². The van der Waals surface area contributed by atoms with Crippen molar-refractivity contribution in [2.45, 2.75) is 0 Å². The molecule has 0 saturated heterocycles. The van der Waals surface area contributed by atoms with E-state index in [0.29, 0.717) is 5.69 Å². The van der Waals surface area contributed by atoms with Crippen LogP contribution in [0.1, 0.15) is 0 Å². The summed E-state index contributed by atoms with van der Waals surface area (Å²) in [6, 6.07) is 6.08. The van der Waals surface area contributed by atoms with E-state index in [9.17, 15) is 4.39 Å². The normalized spacial score (nSPS) is 11.1. The first-order chi connectivity index (χ1) is 7.18. The molecule has 0 aliphatic carbocycles. The molecule has 80 valence electrons. The fraction of sp³-hybridized carbons (Fsp3) is 0.200. The zero-order valence-electron chi connectivity index (χ0n) is 8.68. The summed E-state index contributed by atoms with van der Waals surface area (Å²) in [6.45, 7) is 0. The van der Waals surface area contributed by atoms with Gasteiger partial charge in [-0.05, 0) is 18.2 Å². The minimum atomic E-state index is -0.294. The van der Waals surface area contributed by atoms with Crippen LogP contribution in [0.25, 0.3) is 0 Å². The van der Waals surface area contributed by atoms with Crippen LogP contribution >= 0.6 is 0 Å². The van der Waals surface area contributed by atoms with Crippen molar-refractivity contribution in [3.8, 4) is 0 Å². The fourth-order valence-electron chi connectivity index (χ4n) is 0.866. The van der Waals surface area contributed by atoms with Crippen LogP contribution in [0.5, 0.6) is 0 Å². The number of rotatable bonds is 4. The lowest BCUT2D eigenvalue weighted by Gasteiger charge is -2.00. The summed E-state index contributed by atoms with van der Waals surface area (Å²) < 4.78 is 12.7. The highest BCUT2D eigenvalue weighted by Crippen LogP contribution is 2.08. The van der Waals surface area contributed by atoms with Gasteiger partial charge in [0.2, 0.25) is 0 Å². The van der Waals surface area contributed by atoms with Crippen molar-refractivity contribution in [3.63, 3.8) is 0 Å². The minimum absolute atomic E-state index is 0.294. The Hall–Kier alpha value is -1.91. The van der Waals surface area contributed by atoms with Crippen molar-refractivity contribution in [2.24, 2.45) is 10.2 Å². The Morgan fingerprint density at radius 3 is 2.80 bits per heavy atom. The van der Waals surface area contributed by atoms with Crippen LogP contribution in [-0.4, -0.2) is 31.5 Å². The Balaban J connectivity index is 2.43. The number of hydrogen-bond acceptors (Lipinski definition) is 4. The molecule has 0 heterocycles. The van der Waals surface area contributed by atoms with Crippen LogP contribution in [0, 0.1) is 5.82 Å². The summed E-state index contributed by atoms with van der Waals surface area (Å²) in [4.78, 5) is 0. The standard InChI is InChI=1S/C10H13FN4/c1-15(2)13-7-6-12-14-10-5-3-4-9(11)8-10/h3-8,14H,1-2H3. The van der Waals surface area contributed by atoms with E-state index in [2.05, 4.69) is 15.6 Å². The third-order valence-corrected chi connectivity index (χ3v) is 1.46. The van der Waals surface area contributed by atoms with Gasteiger partial charge in [-0.3, -0.25) is 5.43 Å². The number of hydrogen-bond donors (Lipinski definition) is 1. The number of nitrogens with zero attached hydrogens (tertiary/aromatic N) is 3. The molecule has 5 heteroatoms. The van der Waals surface area contributed by atoms with E-state index in [4.69, 9.17) is 0 Å². The summed E-state index contributed by atoms with van der Waals surface area (Å²) >= 11 is 0. The van der Waals surface area contributed by atoms with E-state index in [0.717, 1.165) is 0 Å². The van der Waals surface area contributed by atoms with Gasteiger partial charge < -0.3 is 5.01 Å². The molecule has 0 aromatic heterocycles. The summed E-state index contributed by atoms with van der Waals surface area (Å²) in [5.41, 5.74) is 3.28. The highest BCUT2D eigenvalue weighted by atomic mass is 19.1. The van der Waals surface area contributed by atoms with Crippen LogP contribution in [-0.2, 0) is 0 Å². The first-order valence-electron chi connectivity index (χ1n) is 4.43. The molecule has 1 rings (SSSR count). The molecule has 15 heavy (non-hydrogen) atoms. The zero-order chi connectivity index (χ0) is 11.1. The van der Waals surface area contributed by atoms with E-state index in [-0.39, 0.29) is 5.82 Å². The van der Waals surface area contributed by atoms with Gasteiger partial charge >= 0.3 is 0 Å². The first-order valence-corrected chi connectivity index (χ1v) is 4.43. The third-order valence-electron chi connectivity index (χ3n) is 1.46. The maximum absolute atomic E-state index is 12.7. The highest BCUT2D eigenvalue weighted by Gasteiger charge is 1.90. The smallest absolute Gasteiger partial charge is 0.125 e. The number of halogens is 1. The number of benzene rings is 1. The molecule has 0 bridgehead atoms. The minimum Gasteiger partial charge on any atom is -0.303 e. The monoisotopic (exact) mass is 208 g/mol. The molecule has 0 saturated carbocycles. The number of nitrogens with one attached hydrogen (secondary N) is 1. The second-order valence-electron chi connectivity index (χ2n) is 3.01. The fourth-order valence-corrected chi connectivity index (χ4v) is 0.866. The van der Waals surface area contributed by atoms with Crippen LogP contribution in [0.3, 0.4) is 0 Å². The Bertz CT molecular complexity index is 360. The quantitative estimate of drug-likeness (QED) is 0.605. The molecule has 0 aliphatic heterocycles. The Morgan fingerprint density at radius 1 is 1.33 bits per heavy atom. The molecule has 0 amide bonds. The van der Waals surface area contributed by atoms with Crippen molar-refractivity contribution in [2.75, 3.05) is 19.5 Å². The van der Waals surface area contributed by atoms with Crippen molar-refractivity contribution in [1.82, 2.24) is 5.01 Å². The molecule has 1 aromatic rings. The topological polar surface area (TPSA) is 40.0 Å². The summed E-state index contributed by atoms with van der Waals surface area (Å²) in [5.74, 6) is -0.294. The molecule has 0 atom stereocenters. The van der Waals surface area contributed by atoms with Crippen molar-refractivity contribution in [3.05, 3.63) is 30.1 Å². The molecule has 0 spiro atoms. The lowest BCUT2D eigenvalue weighted by atomic mass is 10.3. The van der Waals surface area contributed by atoms with Gasteiger partial charge in [0.15, 0.2) is 0 Å². The van der Waals surface area contributed by atoms with Crippen LogP contribution in [0.2, 0.25) is 0 Å². The molecule has 4 nitrogen and oxygen atoms in total. The molecular weight excluding hydrogens is 195 g/mol. The van der Waals surface area contributed by atoms with Gasteiger partial charge in [0.25, 0.3) is 0 Å². The van der Waals surface area contributed by atoms with E-state index in [1.165, 1.54) is 24.6 Å². The largest absolute Gasteiger partial charge is 0.303 e. The molecule has 1 N–H and O–H groups in total. The second kappa shape index (κ2) is 5.74. The Morgan fingerprint density at radius 2 is 2.13 bits per heavy atom. The highest BCUT2D eigenvalue weighted by molar-refractivity contribution is 6.16. The van der Waals surface area contributed by atoms with Gasteiger partial charge in [0.05, 0.1) is 18.1 Å². The molecular formula is C10H13FN4. The van der Waals surface area contributed by atoms with Gasteiger partial charge in [-0.25, -0.2) is 4.39 Å². The lowest BCUT2D eigenvalue weighted by Crippen LogP contribution is -2.02. The summed E-state index contributed by atoms with van der Waals surface area (Å²) in [5, 5.41) is 9.40. The zero-order valence-corrected chi connectivity index (χ0v) is 8.68. The third kappa shape index (κ3) is 4.75. The average molecular weight is 208 g/mol. The Labute approximate surface area is 88.1 Å². The van der Waals surface area contributed by atoms with Crippen molar-refractivity contribution in [1.29, 1.82) is 0 Å².